The predicted molar refractivity (Wildman–Crippen MR) is 86.1 cm³/mol. The molecule has 1 aliphatic carbocycles. The molecule has 0 bridgehead atoms. The Bertz CT molecular complexity index is 679. The van der Waals surface area contributed by atoms with Crippen molar-refractivity contribution in [3.8, 4) is 0 Å². The number of thiophene rings is 1. The summed E-state index contributed by atoms with van der Waals surface area (Å²) in [5, 5.41) is 6.97. The molecule has 0 aromatic carbocycles. The van der Waals surface area contributed by atoms with Gasteiger partial charge in [-0.05, 0) is 25.8 Å². The largest absolute Gasteiger partial charge is 0.357 e. The summed E-state index contributed by atoms with van der Waals surface area (Å²) in [6, 6.07) is 2.46. The van der Waals surface area contributed by atoms with Crippen LogP contribution >= 0.6 is 11.3 Å². The number of fused-ring (bicyclic) bond motifs is 1. The zero-order valence-electron chi connectivity index (χ0n) is 12.4. The highest BCUT2D eigenvalue weighted by Crippen LogP contribution is 2.31. The number of anilines is 2. The predicted octanol–water partition coefficient (Wildman–Crippen LogP) is 1.76. The molecule has 112 valence electrons. The average molecular weight is 305 g/mol. The second-order valence-electron chi connectivity index (χ2n) is 5.39. The van der Waals surface area contributed by atoms with Gasteiger partial charge in [0.1, 0.15) is 10.6 Å². The van der Waals surface area contributed by atoms with Crippen molar-refractivity contribution in [2.75, 3.05) is 30.9 Å². The molecule has 2 heterocycles. The minimum atomic E-state index is 0.0460. The topological polar surface area (TPSA) is 70.2 Å². The van der Waals surface area contributed by atoms with Crippen molar-refractivity contribution in [3.05, 3.63) is 10.9 Å². The highest BCUT2D eigenvalue weighted by atomic mass is 32.1. The van der Waals surface area contributed by atoms with Crippen LogP contribution in [0.15, 0.2) is 6.07 Å². The fraction of sp³-hybridized carbons (Fsp3) is 0.500. The summed E-state index contributed by atoms with van der Waals surface area (Å²) in [4.78, 5) is 24.9. The van der Waals surface area contributed by atoms with Crippen molar-refractivity contribution in [1.82, 2.24) is 15.3 Å². The molecule has 1 saturated carbocycles. The molecule has 2 aromatic rings. The van der Waals surface area contributed by atoms with Gasteiger partial charge in [0.05, 0.1) is 11.9 Å². The summed E-state index contributed by atoms with van der Waals surface area (Å²) < 4.78 is 0. The molecule has 1 aliphatic rings. The smallest absolute Gasteiger partial charge is 0.239 e. The zero-order valence-corrected chi connectivity index (χ0v) is 13.3. The summed E-state index contributed by atoms with van der Waals surface area (Å²) in [7, 11) is 3.69. The molecule has 7 heteroatoms. The fourth-order valence-corrected chi connectivity index (χ4v) is 3.09. The quantitative estimate of drug-likeness (QED) is 0.881. The molecule has 1 amide bonds. The highest BCUT2D eigenvalue weighted by molar-refractivity contribution is 7.18. The number of carbonyl (C=O) groups excluding carboxylic acids is 1. The van der Waals surface area contributed by atoms with Crippen LogP contribution in [0.5, 0.6) is 0 Å². The van der Waals surface area contributed by atoms with Crippen LogP contribution in [-0.2, 0) is 4.79 Å². The summed E-state index contributed by atoms with van der Waals surface area (Å²) in [5.74, 6) is 1.41. The zero-order chi connectivity index (χ0) is 15.0. The number of aromatic nitrogens is 2. The molecule has 1 fully saturated rings. The number of amides is 1. The monoisotopic (exact) mass is 305 g/mol. The van der Waals surface area contributed by atoms with Crippen molar-refractivity contribution in [3.63, 3.8) is 0 Å². The summed E-state index contributed by atoms with van der Waals surface area (Å²) >= 11 is 1.63. The van der Waals surface area contributed by atoms with E-state index in [0.29, 0.717) is 18.5 Å². The van der Waals surface area contributed by atoms with E-state index >= 15 is 0 Å². The number of rotatable bonds is 5. The van der Waals surface area contributed by atoms with E-state index in [2.05, 4.69) is 33.6 Å². The first-order chi connectivity index (χ1) is 10.1. The third-order valence-electron chi connectivity index (χ3n) is 3.40. The van der Waals surface area contributed by atoms with Crippen LogP contribution in [0.2, 0.25) is 0 Å². The first-order valence-corrected chi connectivity index (χ1v) is 7.85. The van der Waals surface area contributed by atoms with Gasteiger partial charge in [0, 0.05) is 25.0 Å². The van der Waals surface area contributed by atoms with Crippen molar-refractivity contribution < 1.29 is 4.79 Å². The molecule has 0 unspecified atom stereocenters. The fourth-order valence-electron chi connectivity index (χ4n) is 2.22. The molecule has 0 atom stereocenters. The van der Waals surface area contributed by atoms with Crippen LogP contribution in [0.3, 0.4) is 0 Å². The lowest BCUT2D eigenvalue weighted by Crippen LogP contribution is -2.36. The SMILES string of the molecule is CNc1nc(N(C)CC(=O)NC2CC2)c2cc(C)sc2n1. The molecular formula is C14H19N5OS. The first kappa shape index (κ1) is 14.1. The van der Waals surface area contributed by atoms with Crippen LogP contribution in [0, 0.1) is 6.92 Å². The molecule has 0 radical (unpaired) electrons. The Morgan fingerprint density at radius 3 is 2.90 bits per heavy atom. The normalized spacial score (nSPS) is 14.2. The second kappa shape index (κ2) is 5.48. The minimum absolute atomic E-state index is 0.0460. The van der Waals surface area contributed by atoms with E-state index in [1.807, 2.05) is 11.9 Å². The van der Waals surface area contributed by atoms with E-state index in [9.17, 15) is 4.79 Å². The molecule has 2 N–H and O–H groups in total. The van der Waals surface area contributed by atoms with Crippen molar-refractivity contribution in [2.45, 2.75) is 25.8 Å². The van der Waals surface area contributed by atoms with E-state index < -0.39 is 0 Å². The third-order valence-corrected chi connectivity index (χ3v) is 4.35. The van der Waals surface area contributed by atoms with Gasteiger partial charge in [-0.3, -0.25) is 4.79 Å². The minimum Gasteiger partial charge on any atom is -0.357 e. The number of aryl methyl sites for hydroxylation is 1. The summed E-state index contributed by atoms with van der Waals surface area (Å²) in [6.45, 7) is 2.36. The van der Waals surface area contributed by atoms with Gasteiger partial charge in [-0.1, -0.05) is 0 Å². The van der Waals surface area contributed by atoms with Crippen LogP contribution in [0.1, 0.15) is 17.7 Å². The van der Waals surface area contributed by atoms with E-state index in [1.54, 1.807) is 18.4 Å². The Hall–Kier alpha value is -1.89. The Kier molecular flexibility index (Phi) is 3.67. The van der Waals surface area contributed by atoms with Crippen LogP contribution < -0.4 is 15.5 Å². The van der Waals surface area contributed by atoms with E-state index in [1.165, 1.54) is 4.88 Å². The van der Waals surface area contributed by atoms with Crippen molar-refractivity contribution in [2.24, 2.45) is 0 Å². The number of hydrogen-bond acceptors (Lipinski definition) is 6. The molecule has 0 aliphatic heterocycles. The Balaban J connectivity index is 1.87. The number of likely N-dealkylation sites (N-methyl/N-ethyl adjacent to an activating group) is 1. The lowest BCUT2D eigenvalue weighted by Gasteiger charge is -2.19. The molecule has 3 rings (SSSR count). The number of hydrogen-bond donors (Lipinski definition) is 2. The van der Waals surface area contributed by atoms with Crippen LogP contribution in [0.25, 0.3) is 10.2 Å². The van der Waals surface area contributed by atoms with Crippen LogP contribution in [-0.4, -0.2) is 42.6 Å². The molecule has 2 aromatic heterocycles. The Morgan fingerprint density at radius 2 is 2.24 bits per heavy atom. The summed E-state index contributed by atoms with van der Waals surface area (Å²) in [6.07, 6.45) is 2.20. The van der Waals surface area contributed by atoms with Gasteiger partial charge in [0.25, 0.3) is 0 Å². The standard InChI is InChI=1S/C14H19N5OS/c1-8-6-10-12(17-14(15-2)18-13(10)21-8)19(3)7-11(20)16-9-4-5-9/h6,9H,4-5,7H2,1-3H3,(H,16,20)(H,15,17,18). The van der Waals surface area contributed by atoms with Gasteiger partial charge in [0.2, 0.25) is 11.9 Å². The van der Waals surface area contributed by atoms with Gasteiger partial charge in [-0.25, -0.2) is 4.98 Å². The highest BCUT2D eigenvalue weighted by Gasteiger charge is 2.24. The van der Waals surface area contributed by atoms with Crippen molar-refractivity contribution in [1.29, 1.82) is 0 Å². The van der Waals surface area contributed by atoms with E-state index in [-0.39, 0.29) is 5.91 Å². The summed E-state index contributed by atoms with van der Waals surface area (Å²) in [5.41, 5.74) is 0. The maximum atomic E-state index is 12.0. The van der Waals surface area contributed by atoms with Gasteiger partial charge in [-0.2, -0.15) is 4.98 Å². The lowest BCUT2D eigenvalue weighted by molar-refractivity contribution is -0.119. The van der Waals surface area contributed by atoms with Gasteiger partial charge in [0.15, 0.2) is 0 Å². The molecule has 0 saturated heterocycles. The first-order valence-electron chi connectivity index (χ1n) is 7.03. The number of nitrogens with one attached hydrogen (secondary N) is 2. The molecule has 0 spiro atoms. The molecule has 6 nitrogen and oxygen atoms in total. The van der Waals surface area contributed by atoms with E-state index in [4.69, 9.17) is 0 Å². The average Bonchev–Trinajstić information content (AvgIpc) is 3.15. The maximum absolute atomic E-state index is 12.0. The Labute approximate surface area is 127 Å². The number of carbonyl (C=O) groups is 1. The van der Waals surface area contributed by atoms with Gasteiger partial charge in [-0.15, -0.1) is 11.3 Å². The maximum Gasteiger partial charge on any atom is 0.239 e. The molecular weight excluding hydrogens is 286 g/mol. The number of nitrogens with zero attached hydrogens (tertiary/aromatic N) is 3. The second-order valence-corrected chi connectivity index (χ2v) is 6.63. The van der Waals surface area contributed by atoms with Gasteiger partial charge < -0.3 is 15.5 Å². The lowest BCUT2D eigenvalue weighted by atomic mass is 10.3. The molecule has 21 heavy (non-hydrogen) atoms. The third kappa shape index (κ3) is 3.07. The van der Waals surface area contributed by atoms with Crippen LogP contribution in [0.4, 0.5) is 11.8 Å². The Morgan fingerprint density at radius 1 is 1.48 bits per heavy atom. The van der Waals surface area contributed by atoms with Crippen molar-refractivity contribution >= 4 is 39.2 Å². The van der Waals surface area contributed by atoms with E-state index in [0.717, 1.165) is 28.9 Å². The van der Waals surface area contributed by atoms with Gasteiger partial charge >= 0.3 is 0 Å².